The Morgan fingerprint density at radius 3 is 2.58 bits per heavy atom. The SMILES string of the molecule is CCOC(=O)c1c(N=C/C=C2/N(C)c3ccccc3C2(C)C)sc2c1CC(C)(C)NC2(C)C. The van der Waals surface area contributed by atoms with Crippen LogP contribution in [0.5, 0.6) is 0 Å². The molecule has 0 atom stereocenters. The number of benzene rings is 1. The second-order valence-corrected chi connectivity index (χ2v) is 11.7. The molecule has 1 N–H and O–H groups in total. The van der Waals surface area contributed by atoms with Gasteiger partial charge in [-0.3, -0.25) is 0 Å². The molecular formula is C27H35N3O2S. The second kappa shape index (κ2) is 8.10. The zero-order valence-corrected chi connectivity index (χ0v) is 21.8. The van der Waals surface area contributed by atoms with Gasteiger partial charge >= 0.3 is 5.97 Å². The first-order valence-electron chi connectivity index (χ1n) is 11.6. The van der Waals surface area contributed by atoms with Crippen molar-refractivity contribution in [2.75, 3.05) is 18.6 Å². The van der Waals surface area contributed by atoms with Crippen LogP contribution in [0.25, 0.3) is 0 Å². The standard InChI is InChI=1S/C27H35N3O2S/c1-9-32-24(31)21-17-16-25(2,3)29-27(6,7)22(17)33-23(21)28-15-14-20-26(4,5)18-12-10-11-13-19(18)30(20)8/h10-15,29H,9,16H2,1-8H3/b20-14+,28-15?. The molecule has 0 saturated heterocycles. The Kier molecular flexibility index (Phi) is 5.82. The van der Waals surface area contributed by atoms with Gasteiger partial charge in [0.15, 0.2) is 0 Å². The Hall–Kier alpha value is -2.44. The van der Waals surface area contributed by atoms with Gasteiger partial charge in [-0.2, -0.15) is 0 Å². The Labute approximate surface area is 201 Å². The Morgan fingerprint density at radius 1 is 1.21 bits per heavy atom. The molecule has 176 valence electrons. The number of carbonyl (C=O) groups is 1. The predicted octanol–water partition coefficient (Wildman–Crippen LogP) is 6.10. The van der Waals surface area contributed by atoms with Crippen molar-refractivity contribution in [2.45, 2.75) is 71.4 Å². The maximum absolute atomic E-state index is 13.0. The molecule has 2 aromatic rings. The third-order valence-corrected chi connectivity index (χ3v) is 8.13. The van der Waals surface area contributed by atoms with Gasteiger partial charge in [-0.1, -0.05) is 32.0 Å². The van der Waals surface area contributed by atoms with Gasteiger partial charge in [-0.05, 0) is 64.3 Å². The molecule has 4 rings (SSSR count). The van der Waals surface area contributed by atoms with E-state index in [-0.39, 0.29) is 22.5 Å². The summed E-state index contributed by atoms with van der Waals surface area (Å²) in [5, 5.41) is 4.44. The summed E-state index contributed by atoms with van der Waals surface area (Å²) in [5.74, 6) is -0.283. The number of esters is 1. The molecule has 2 aliphatic heterocycles. The Balaban J connectivity index is 1.76. The number of ether oxygens (including phenoxy) is 1. The number of likely N-dealkylation sites (N-methyl/N-ethyl adjacent to an activating group) is 1. The number of para-hydroxylation sites is 1. The van der Waals surface area contributed by atoms with E-state index in [2.05, 4.69) is 89.1 Å². The summed E-state index contributed by atoms with van der Waals surface area (Å²) in [4.78, 5) is 21.2. The summed E-state index contributed by atoms with van der Waals surface area (Å²) >= 11 is 1.59. The quantitative estimate of drug-likeness (QED) is 0.438. The third kappa shape index (κ3) is 4.04. The number of fused-ring (bicyclic) bond motifs is 2. The van der Waals surface area contributed by atoms with E-state index in [0.717, 1.165) is 21.9 Å². The van der Waals surface area contributed by atoms with E-state index in [9.17, 15) is 4.79 Å². The summed E-state index contributed by atoms with van der Waals surface area (Å²) in [7, 11) is 2.09. The summed E-state index contributed by atoms with van der Waals surface area (Å²) in [5.41, 5.74) is 4.90. The van der Waals surface area contributed by atoms with Crippen LogP contribution in [-0.4, -0.2) is 31.4 Å². The van der Waals surface area contributed by atoms with Crippen molar-refractivity contribution in [1.29, 1.82) is 0 Å². The van der Waals surface area contributed by atoms with Crippen molar-refractivity contribution < 1.29 is 9.53 Å². The van der Waals surface area contributed by atoms with E-state index in [0.29, 0.717) is 12.2 Å². The lowest BCUT2D eigenvalue weighted by Gasteiger charge is -2.42. The molecule has 0 bridgehead atoms. The van der Waals surface area contributed by atoms with Crippen LogP contribution >= 0.6 is 11.3 Å². The van der Waals surface area contributed by atoms with Crippen LogP contribution in [0.1, 0.15) is 74.8 Å². The predicted molar refractivity (Wildman–Crippen MR) is 138 cm³/mol. The van der Waals surface area contributed by atoms with Gasteiger partial charge in [0.1, 0.15) is 5.00 Å². The van der Waals surface area contributed by atoms with Crippen LogP contribution in [0.2, 0.25) is 0 Å². The molecule has 5 nitrogen and oxygen atoms in total. The van der Waals surface area contributed by atoms with E-state index in [1.165, 1.54) is 16.9 Å². The number of aliphatic imine (C=N–C) groups is 1. The van der Waals surface area contributed by atoms with Crippen LogP contribution in [0, 0.1) is 0 Å². The number of nitrogens with one attached hydrogen (secondary N) is 1. The molecule has 1 aromatic heterocycles. The molecule has 0 radical (unpaired) electrons. The van der Waals surface area contributed by atoms with Crippen molar-refractivity contribution in [3.8, 4) is 0 Å². The minimum absolute atomic E-state index is 0.119. The monoisotopic (exact) mass is 465 g/mol. The Morgan fingerprint density at radius 2 is 1.91 bits per heavy atom. The highest BCUT2D eigenvalue weighted by atomic mass is 32.1. The van der Waals surface area contributed by atoms with Crippen LogP contribution in [0.15, 0.2) is 41.0 Å². The van der Waals surface area contributed by atoms with E-state index in [4.69, 9.17) is 9.73 Å². The normalized spacial score (nSPS) is 21.3. The molecule has 0 aliphatic carbocycles. The fraction of sp³-hybridized carbons (Fsp3) is 0.481. The van der Waals surface area contributed by atoms with E-state index >= 15 is 0 Å². The molecule has 3 heterocycles. The smallest absolute Gasteiger partial charge is 0.341 e. The van der Waals surface area contributed by atoms with Gasteiger partial charge < -0.3 is 15.0 Å². The summed E-state index contributed by atoms with van der Waals surface area (Å²) in [6, 6.07) is 8.50. The fourth-order valence-corrected chi connectivity index (χ4v) is 6.72. The first kappa shape index (κ1) is 23.7. The van der Waals surface area contributed by atoms with Crippen molar-refractivity contribution >= 4 is 34.2 Å². The van der Waals surface area contributed by atoms with Gasteiger partial charge in [-0.25, -0.2) is 9.79 Å². The third-order valence-electron chi connectivity index (χ3n) is 6.67. The van der Waals surface area contributed by atoms with E-state index in [1.807, 2.05) is 13.1 Å². The fourth-order valence-electron chi connectivity index (χ4n) is 5.50. The second-order valence-electron chi connectivity index (χ2n) is 10.7. The van der Waals surface area contributed by atoms with Crippen LogP contribution in [0.3, 0.4) is 0 Å². The zero-order valence-electron chi connectivity index (χ0n) is 21.0. The number of hydrogen-bond acceptors (Lipinski definition) is 6. The first-order valence-corrected chi connectivity index (χ1v) is 12.4. The lowest BCUT2D eigenvalue weighted by Crippen LogP contribution is -2.55. The van der Waals surface area contributed by atoms with Gasteiger partial charge in [-0.15, -0.1) is 11.3 Å². The van der Waals surface area contributed by atoms with Gasteiger partial charge in [0, 0.05) is 46.0 Å². The summed E-state index contributed by atoms with van der Waals surface area (Å²) in [6.45, 7) is 15.3. The first-order chi connectivity index (χ1) is 15.4. The van der Waals surface area contributed by atoms with Crippen LogP contribution < -0.4 is 10.2 Å². The number of anilines is 1. The molecule has 0 fully saturated rings. The van der Waals surface area contributed by atoms with Gasteiger partial charge in [0.05, 0.1) is 12.2 Å². The molecular weight excluding hydrogens is 430 g/mol. The summed E-state index contributed by atoms with van der Waals surface area (Å²) < 4.78 is 5.45. The van der Waals surface area contributed by atoms with Crippen molar-refractivity contribution in [3.05, 3.63) is 57.6 Å². The van der Waals surface area contributed by atoms with Gasteiger partial charge in [0.2, 0.25) is 0 Å². The van der Waals surface area contributed by atoms with Crippen LogP contribution in [-0.2, 0) is 22.1 Å². The van der Waals surface area contributed by atoms with E-state index < -0.39 is 0 Å². The molecule has 6 heteroatoms. The molecule has 0 unspecified atom stereocenters. The number of carbonyl (C=O) groups excluding carboxylic acids is 1. The highest BCUT2D eigenvalue weighted by Gasteiger charge is 2.42. The topological polar surface area (TPSA) is 53.9 Å². The number of rotatable bonds is 4. The zero-order chi connectivity index (χ0) is 24.2. The highest BCUT2D eigenvalue weighted by Crippen LogP contribution is 2.48. The molecule has 0 amide bonds. The molecule has 1 aromatic carbocycles. The maximum Gasteiger partial charge on any atom is 0.341 e. The minimum atomic E-state index is -0.283. The number of nitrogens with zero attached hydrogens (tertiary/aromatic N) is 2. The number of allylic oxidation sites excluding steroid dienone is 2. The molecule has 2 aliphatic rings. The highest BCUT2D eigenvalue weighted by molar-refractivity contribution is 7.16. The Bertz CT molecular complexity index is 1150. The summed E-state index contributed by atoms with van der Waals surface area (Å²) in [6.07, 6.45) is 4.67. The molecule has 0 saturated carbocycles. The lowest BCUT2D eigenvalue weighted by atomic mass is 9.81. The molecule has 0 spiro atoms. The largest absolute Gasteiger partial charge is 0.462 e. The number of hydrogen-bond donors (Lipinski definition) is 1. The maximum atomic E-state index is 13.0. The number of thiophene rings is 1. The van der Waals surface area contributed by atoms with E-state index in [1.54, 1.807) is 11.3 Å². The average Bonchev–Trinajstić information content (AvgIpc) is 3.16. The van der Waals surface area contributed by atoms with Crippen molar-refractivity contribution in [3.63, 3.8) is 0 Å². The van der Waals surface area contributed by atoms with Crippen molar-refractivity contribution in [2.24, 2.45) is 4.99 Å². The lowest BCUT2D eigenvalue weighted by molar-refractivity contribution is 0.0525. The van der Waals surface area contributed by atoms with Crippen molar-refractivity contribution in [1.82, 2.24) is 5.32 Å². The average molecular weight is 466 g/mol. The minimum Gasteiger partial charge on any atom is -0.462 e. The van der Waals surface area contributed by atoms with Gasteiger partial charge in [0.25, 0.3) is 0 Å². The van der Waals surface area contributed by atoms with Crippen LogP contribution in [0.4, 0.5) is 10.7 Å². The molecule has 33 heavy (non-hydrogen) atoms.